The molecule has 0 nitrogen and oxygen atoms in total. The van der Waals surface area contributed by atoms with E-state index in [0.717, 1.165) is 0 Å². The van der Waals surface area contributed by atoms with E-state index in [1.807, 2.05) is 0 Å². The first-order valence-corrected chi connectivity index (χ1v) is 5.47. The van der Waals surface area contributed by atoms with Gasteiger partial charge in [-0.25, -0.2) is 0 Å². The number of hydrogen-bond acceptors (Lipinski definition) is 0. The normalized spacial score (nSPS) is 11.9. The highest BCUT2D eigenvalue weighted by Gasteiger charge is 2.20. The van der Waals surface area contributed by atoms with Gasteiger partial charge in [-0.2, -0.15) is 0 Å². The van der Waals surface area contributed by atoms with Crippen molar-refractivity contribution in [2.75, 3.05) is 0 Å². The summed E-state index contributed by atoms with van der Waals surface area (Å²) in [5, 5.41) is 0. The Morgan fingerprint density at radius 1 is 1.00 bits per heavy atom. The molecule has 0 heterocycles. The molecule has 0 bridgehead atoms. The molecule has 0 saturated carbocycles. The minimum atomic E-state index is 0.308. The maximum Gasteiger partial charge on any atom is -0.0103 e. The minimum Gasteiger partial charge on any atom is -0.0646 e. The molecule has 0 atom stereocenters. The molecular weight excluding hydrogens is 168 g/mol. The third kappa shape index (κ3) is 1.84. The zero-order valence-corrected chi connectivity index (χ0v) is 10.4. The van der Waals surface area contributed by atoms with Gasteiger partial charge in [0.25, 0.3) is 0 Å². The molecule has 0 aliphatic heterocycles. The first kappa shape index (κ1) is 11.3. The summed E-state index contributed by atoms with van der Waals surface area (Å²) < 4.78 is 0. The van der Waals surface area contributed by atoms with Crippen molar-refractivity contribution >= 4 is 0 Å². The summed E-state index contributed by atoms with van der Waals surface area (Å²) in [5.41, 5.74) is 6.13. The average Bonchev–Trinajstić information content (AvgIpc) is 2.14. The summed E-state index contributed by atoms with van der Waals surface area (Å²) in [6, 6.07) is 4.54. The fraction of sp³-hybridized carbons (Fsp3) is 0.571. The quantitative estimate of drug-likeness (QED) is 0.652. The lowest BCUT2D eigenvalue weighted by Crippen LogP contribution is -2.17. The van der Waals surface area contributed by atoms with Crippen LogP contribution in [-0.4, -0.2) is 0 Å². The molecule has 14 heavy (non-hydrogen) atoms. The zero-order valence-electron chi connectivity index (χ0n) is 10.4. The summed E-state index contributed by atoms with van der Waals surface area (Å²) in [6.45, 7) is 13.6. The van der Waals surface area contributed by atoms with Gasteiger partial charge in [-0.1, -0.05) is 32.9 Å². The van der Waals surface area contributed by atoms with Crippen LogP contribution in [0, 0.1) is 20.8 Å². The average molecular weight is 190 g/mol. The summed E-state index contributed by atoms with van der Waals surface area (Å²) in [7, 11) is 0. The molecule has 0 N–H and O–H groups in total. The summed E-state index contributed by atoms with van der Waals surface area (Å²) >= 11 is 0. The second-order valence-electron chi connectivity index (χ2n) is 4.92. The maximum absolute atomic E-state index is 2.32. The van der Waals surface area contributed by atoms with E-state index in [1.54, 1.807) is 0 Å². The van der Waals surface area contributed by atoms with Gasteiger partial charge in [-0.3, -0.25) is 0 Å². The van der Waals surface area contributed by atoms with Crippen molar-refractivity contribution in [2.24, 2.45) is 0 Å². The van der Waals surface area contributed by atoms with E-state index in [2.05, 4.69) is 53.7 Å². The van der Waals surface area contributed by atoms with Crippen LogP contribution in [0.2, 0.25) is 0 Å². The van der Waals surface area contributed by atoms with Crippen LogP contribution in [0.5, 0.6) is 0 Å². The van der Waals surface area contributed by atoms with E-state index in [0.29, 0.717) is 5.41 Å². The minimum absolute atomic E-state index is 0.308. The lowest BCUT2D eigenvalue weighted by molar-refractivity contribution is 0.503. The Morgan fingerprint density at radius 2 is 1.57 bits per heavy atom. The van der Waals surface area contributed by atoms with Gasteiger partial charge >= 0.3 is 0 Å². The molecule has 0 aliphatic rings. The molecule has 0 amide bonds. The van der Waals surface area contributed by atoms with E-state index in [1.165, 1.54) is 28.7 Å². The highest BCUT2D eigenvalue weighted by Crippen LogP contribution is 2.31. The molecule has 0 saturated heterocycles. The third-order valence-corrected chi connectivity index (χ3v) is 3.67. The Hall–Kier alpha value is -0.780. The number of hydrogen-bond donors (Lipinski definition) is 0. The lowest BCUT2D eigenvalue weighted by Gasteiger charge is -2.27. The van der Waals surface area contributed by atoms with Crippen molar-refractivity contribution < 1.29 is 0 Å². The Labute approximate surface area is 88.4 Å². The van der Waals surface area contributed by atoms with Crippen LogP contribution >= 0.6 is 0 Å². The van der Waals surface area contributed by atoms with Crippen LogP contribution < -0.4 is 0 Å². The van der Waals surface area contributed by atoms with Gasteiger partial charge in [0, 0.05) is 0 Å². The number of rotatable bonds is 2. The first-order chi connectivity index (χ1) is 6.40. The molecular formula is C14H22. The van der Waals surface area contributed by atoms with Crippen LogP contribution in [0.25, 0.3) is 0 Å². The molecule has 0 aliphatic carbocycles. The zero-order chi connectivity index (χ0) is 10.9. The van der Waals surface area contributed by atoms with Crippen molar-refractivity contribution in [1.82, 2.24) is 0 Å². The number of aryl methyl sites for hydroxylation is 1. The monoisotopic (exact) mass is 190 g/mol. The van der Waals surface area contributed by atoms with E-state index in [9.17, 15) is 0 Å². The predicted molar refractivity (Wildman–Crippen MR) is 64.0 cm³/mol. The summed E-state index contributed by atoms with van der Waals surface area (Å²) in [5.74, 6) is 0. The molecule has 0 fully saturated rings. The van der Waals surface area contributed by atoms with Crippen LogP contribution in [-0.2, 0) is 5.41 Å². The predicted octanol–water partition coefficient (Wildman–Crippen LogP) is 4.30. The van der Waals surface area contributed by atoms with Crippen molar-refractivity contribution in [3.63, 3.8) is 0 Å². The molecule has 0 spiro atoms. The van der Waals surface area contributed by atoms with E-state index < -0.39 is 0 Å². The van der Waals surface area contributed by atoms with Crippen LogP contribution in [0.3, 0.4) is 0 Å². The van der Waals surface area contributed by atoms with E-state index >= 15 is 0 Å². The van der Waals surface area contributed by atoms with Gasteiger partial charge in [0.15, 0.2) is 0 Å². The molecule has 0 heteroatoms. The Morgan fingerprint density at radius 3 is 2.07 bits per heavy atom. The van der Waals surface area contributed by atoms with Gasteiger partial charge in [0.2, 0.25) is 0 Å². The topological polar surface area (TPSA) is 0 Å². The summed E-state index contributed by atoms with van der Waals surface area (Å²) in [4.78, 5) is 0. The molecule has 1 aromatic carbocycles. The fourth-order valence-corrected chi connectivity index (χ4v) is 1.88. The third-order valence-electron chi connectivity index (χ3n) is 3.67. The molecule has 1 aromatic rings. The molecule has 0 aromatic heterocycles. The van der Waals surface area contributed by atoms with E-state index in [-0.39, 0.29) is 0 Å². The van der Waals surface area contributed by atoms with Crippen LogP contribution in [0.15, 0.2) is 12.1 Å². The molecule has 78 valence electrons. The van der Waals surface area contributed by atoms with Crippen LogP contribution in [0.1, 0.15) is 49.4 Å². The molecule has 0 radical (unpaired) electrons. The Balaban J connectivity index is 3.31. The largest absolute Gasteiger partial charge is 0.0646 e. The van der Waals surface area contributed by atoms with Gasteiger partial charge < -0.3 is 0 Å². The number of benzene rings is 1. The van der Waals surface area contributed by atoms with Crippen molar-refractivity contribution in [3.8, 4) is 0 Å². The smallest absolute Gasteiger partial charge is 0.0103 e. The highest BCUT2D eigenvalue weighted by molar-refractivity contribution is 5.42. The highest BCUT2D eigenvalue weighted by atomic mass is 14.2. The van der Waals surface area contributed by atoms with Crippen molar-refractivity contribution in [2.45, 2.75) is 53.4 Å². The SMILES string of the molecule is CCC(C)(C)c1ccc(C)c(C)c1C. The van der Waals surface area contributed by atoms with Crippen molar-refractivity contribution in [3.05, 3.63) is 34.4 Å². The van der Waals surface area contributed by atoms with E-state index in [4.69, 9.17) is 0 Å². The van der Waals surface area contributed by atoms with Gasteiger partial charge in [0.1, 0.15) is 0 Å². The fourth-order valence-electron chi connectivity index (χ4n) is 1.88. The first-order valence-electron chi connectivity index (χ1n) is 5.47. The van der Waals surface area contributed by atoms with Gasteiger partial charge in [0.05, 0.1) is 0 Å². The van der Waals surface area contributed by atoms with Crippen LogP contribution in [0.4, 0.5) is 0 Å². The Kier molecular flexibility index (Phi) is 3.04. The molecule has 1 rings (SSSR count). The Bertz CT molecular complexity index is 332. The second-order valence-corrected chi connectivity index (χ2v) is 4.92. The standard InChI is InChI=1S/C14H22/c1-7-14(5,6)13-9-8-10(2)11(3)12(13)4/h8-9H,7H2,1-6H3. The summed E-state index contributed by atoms with van der Waals surface area (Å²) in [6.07, 6.45) is 1.19. The maximum atomic E-state index is 2.32. The molecule has 0 unspecified atom stereocenters. The second kappa shape index (κ2) is 3.76. The van der Waals surface area contributed by atoms with Gasteiger partial charge in [-0.15, -0.1) is 0 Å². The van der Waals surface area contributed by atoms with Crippen molar-refractivity contribution in [1.29, 1.82) is 0 Å². The lowest BCUT2D eigenvalue weighted by atomic mass is 9.78. The van der Waals surface area contributed by atoms with Gasteiger partial charge in [-0.05, 0) is 54.9 Å².